The minimum absolute atomic E-state index is 0.0650. The number of hydrogen-bond acceptors (Lipinski definition) is 2. The number of hydrogen-bond donors (Lipinski definition) is 0. The zero-order valence-electron chi connectivity index (χ0n) is 13.3. The fraction of sp³-hybridized carbons (Fsp3) is 0.556. The van der Waals surface area contributed by atoms with Crippen molar-refractivity contribution in [3.05, 3.63) is 34.3 Å². The fourth-order valence-corrected chi connectivity index (χ4v) is 3.91. The quantitative estimate of drug-likeness (QED) is 0.791. The lowest BCUT2D eigenvalue weighted by Gasteiger charge is -2.35. The highest BCUT2D eigenvalue weighted by molar-refractivity contribution is 9.10. The van der Waals surface area contributed by atoms with Crippen LogP contribution in [0.5, 0.6) is 0 Å². The highest BCUT2D eigenvalue weighted by Gasteiger charge is 2.30. The lowest BCUT2D eigenvalue weighted by Crippen LogP contribution is -2.45. The first-order valence-corrected chi connectivity index (χ1v) is 9.28. The molecule has 2 amide bonds. The van der Waals surface area contributed by atoms with Crippen LogP contribution in [0.15, 0.2) is 28.7 Å². The molecule has 1 aromatic rings. The predicted octanol–water partition coefficient (Wildman–Crippen LogP) is 3.31. The van der Waals surface area contributed by atoms with Crippen molar-refractivity contribution >= 4 is 27.7 Å². The molecule has 2 fully saturated rings. The Morgan fingerprint density at radius 3 is 2.30 bits per heavy atom. The van der Waals surface area contributed by atoms with Crippen molar-refractivity contribution < 1.29 is 9.59 Å². The molecule has 23 heavy (non-hydrogen) atoms. The summed E-state index contributed by atoms with van der Waals surface area (Å²) >= 11 is 3.41. The highest BCUT2D eigenvalue weighted by Crippen LogP contribution is 2.23. The molecule has 0 saturated carbocycles. The lowest BCUT2D eigenvalue weighted by molar-refractivity contribution is -0.137. The molecule has 1 aromatic carbocycles. The summed E-state index contributed by atoms with van der Waals surface area (Å²) in [7, 11) is 0. The zero-order valence-corrected chi connectivity index (χ0v) is 14.9. The Balaban J connectivity index is 1.55. The summed E-state index contributed by atoms with van der Waals surface area (Å²) in [5.74, 6) is 0.467. The summed E-state index contributed by atoms with van der Waals surface area (Å²) in [5, 5.41) is 0. The molecule has 2 aliphatic heterocycles. The van der Waals surface area contributed by atoms with E-state index >= 15 is 0 Å². The van der Waals surface area contributed by atoms with Crippen LogP contribution in [0.2, 0.25) is 0 Å². The molecule has 4 nitrogen and oxygen atoms in total. The standard InChI is InChI=1S/C18H23BrN2O2/c19-16-6-4-5-15(13-16)18(23)21-11-7-14(8-12-21)17(22)20-9-2-1-3-10-20/h4-6,13-14H,1-3,7-12H2. The first kappa shape index (κ1) is 16.5. The summed E-state index contributed by atoms with van der Waals surface area (Å²) < 4.78 is 0.915. The third-order valence-electron chi connectivity index (χ3n) is 4.87. The number of benzene rings is 1. The Morgan fingerprint density at radius 1 is 0.957 bits per heavy atom. The maximum Gasteiger partial charge on any atom is 0.253 e. The van der Waals surface area contributed by atoms with E-state index in [0.717, 1.165) is 43.2 Å². The van der Waals surface area contributed by atoms with E-state index < -0.39 is 0 Å². The smallest absolute Gasteiger partial charge is 0.253 e. The van der Waals surface area contributed by atoms with E-state index in [-0.39, 0.29) is 11.8 Å². The van der Waals surface area contributed by atoms with Crippen molar-refractivity contribution in [2.75, 3.05) is 26.2 Å². The summed E-state index contributed by atoms with van der Waals surface area (Å²) in [6.45, 7) is 3.18. The van der Waals surface area contributed by atoms with E-state index in [2.05, 4.69) is 15.9 Å². The van der Waals surface area contributed by atoms with Crippen LogP contribution in [0.1, 0.15) is 42.5 Å². The average Bonchev–Trinajstić information content (AvgIpc) is 2.61. The Bertz CT molecular complexity index is 576. The number of carbonyl (C=O) groups is 2. The van der Waals surface area contributed by atoms with E-state index in [0.29, 0.717) is 24.6 Å². The number of nitrogens with zero attached hydrogens (tertiary/aromatic N) is 2. The third kappa shape index (κ3) is 3.94. The van der Waals surface area contributed by atoms with Gasteiger partial charge in [-0.2, -0.15) is 0 Å². The van der Waals surface area contributed by atoms with Gasteiger partial charge in [-0.25, -0.2) is 0 Å². The topological polar surface area (TPSA) is 40.6 Å². The SMILES string of the molecule is O=C(c1cccc(Br)c1)N1CCC(C(=O)N2CCCCC2)CC1. The maximum absolute atomic E-state index is 12.6. The number of carbonyl (C=O) groups excluding carboxylic acids is 2. The van der Waals surface area contributed by atoms with Crippen LogP contribution in [-0.2, 0) is 4.79 Å². The van der Waals surface area contributed by atoms with Crippen molar-refractivity contribution in [3.63, 3.8) is 0 Å². The molecule has 2 saturated heterocycles. The number of amides is 2. The second kappa shape index (κ2) is 7.47. The van der Waals surface area contributed by atoms with Gasteiger partial charge in [-0.15, -0.1) is 0 Å². The molecule has 0 bridgehead atoms. The van der Waals surface area contributed by atoms with Crippen molar-refractivity contribution in [2.45, 2.75) is 32.1 Å². The molecule has 5 heteroatoms. The van der Waals surface area contributed by atoms with Gasteiger partial charge in [-0.1, -0.05) is 22.0 Å². The van der Waals surface area contributed by atoms with Gasteiger partial charge in [0.2, 0.25) is 5.91 Å². The number of halogens is 1. The molecule has 0 aliphatic carbocycles. The van der Waals surface area contributed by atoms with Gasteiger partial charge < -0.3 is 9.80 Å². The first-order chi connectivity index (χ1) is 11.1. The van der Waals surface area contributed by atoms with Crippen LogP contribution >= 0.6 is 15.9 Å². The van der Waals surface area contributed by atoms with Crippen molar-refractivity contribution in [1.82, 2.24) is 9.80 Å². The van der Waals surface area contributed by atoms with Crippen LogP contribution in [-0.4, -0.2) is 47.8 Å². The molecule has 0 N–H and O–H groups in total. The van der Waals surface area contributed by atoms with Gasteiger partial charge in [-0.05, 0) is 50.3 Å². The molecule has 0 radical (unpaired) electrons. The second-order valence-electron chi connectivity index (χ2n) is 6.46. The molecule has 0 unspecified atom stereocenters. The molecule has 2 heterocycles. The second-order valence-corrected chi connectivity index (χ2v) is 7.38. The predicted molar refractivity (Wildman–Crippen MR) is 93.2 cm³/mol. The molecule has 0 spiro atoms. The molecule has 0 aromatic heterocycles. The Morgan fingerprint density at radius 2 is 1.65 bits per heavy atom. The monoisotopic (exact) mass is 378 g/mol. The van der Waals surface area contributed by atoms with E-state index in [1.165, 1.54) is 6.42 Å². The molecule has 0 atom stereocenters. The molecule has 124 valence electrons. The Hall–Kier alpha value is -1.36. The normalized spacial score (nSPS) is 19.7. The summed E-state index contributed by atoms with van der Waals surface area (Å²) in [6, 6.07) is 7.50. The highest BCUT2D eigenvalue weighted by atomic mass is 79.9. The fourth-order valence-electron chi connectivity index (χ4n) is 3.51. The summed E-state index contributed by atoms with van der Waals surface area (Å²) in [6.07, 6.45) is 5.07. The van der Waals surface area contributed by atoms with Gasteiger partial charge in [0.15, 0.2) is 0 Å². The maximum atomic E-state index is 12.6. The lowest BCUT2D eigenvalue weighted by atomic mass is 9.94. The Labute approximate surface area is 146 Å². The van der Waals surface area contributed by atoms with Crippen LogP contribution < -0.4 is 0 Å². The summed E-state index contributed by atoms with van der Waals surface area (Å²) in [5.41, 5.74) is 0.709. The van der Waals surface area contributed by atoms with Crippen LogP contribution in [0.25, 0.3) is 0 Å². The van der Waals surface area contributed by atoms with Crippen LogP contribution in [0.4, 0.5) is 0 Å². The molecular weight excluding hydrogens is 356 g/mol. The van der Waals surface area contributed by atoms with E-state index in [1.807, 2.05) is 34.1 Å². The zero-order chi connectivity index (χ0) is 16.2. The van der Waals surface area contributed by atoms with E-state index in [9.17, 15) is 9.59 Å². The van der Waals surface area contributed by atoms with E-state index in [4.69, 9.17) is 0 Å². The number of likely N-dealkylation sites (tertiary alicyclic amines) is 2. The van der Waals surface area contributed by atoms with Crippen LogP contribution in [0.3, 0.4) is 0 Å². The molecular formula is C18H23BrN2O2. The van der Waals surface area contributed by atoms with Gasteiger partial charge in [-0.3, -0.25) is 9.59 Å². The Kier molecular flexibility index (Phi) is 5.36. The van der Waals surface area contributed by atoms with Gasteiger partial charge in [0.25, 0.3) is 5.91 Å². The van der Waals surface area contributed by atoms with Crippen molar-refractivity contribution in [2.24, 2.45) is 5.92 Å². The average molecular weight is 379 g/mol. The minimum atomic E-state index is 0.0650. The van der Waals surface area contributed by atoms with Crippen molar-refractivity contribution in [1.29, 1.82) is 0 Å². The summed E-state index contributed by atoms with van der Waals surface area (Å²) in [4.78, 5) is 29.0. The largest absolute Gasteiger partial charge is 0.342 e. The van der Waals surface area contributed by atoms with Gasteiger partial charge in [0.1, 0.15) is 0 Å². The van der Waals surface area contributed by atoms with Gasteiger partial charge >= 0.3 is 0 Å². The van der Waals surface area contributed by atoms with E-state index in [1.54, 1.807) is 0 Å². The number of rotatable bonds is 2. The molecule has 3 rings (SSSR count). The minimum Gasteiger partial charge on any atom is -0.342 e. The van der Waals surface area contributed by atoms with Crippen molar-refractivity contribution in [3.8, 4) is 0 Å². The molecule has 2 aliphatic rings. The van der Waals surface area contributed by atoms with Gasteiger partial charge in [0, 0.05) is 42.1 Å². The van der Waals surface area contributed by atoms with Crippen LogP contribution in [0, 0.1) is 5.92 Å². The van der Waals surface area contributed by atoms with Gasteiger partial charge in [0.05, 0.1) is 0 Å². The third-order valence-corrected chi connectivity index (χ3v) is 5.36. The number of piperidine rings is 2. The first-order valence-electron chi connectivity index (χ1n) is 8.49.